The topological polar surface area (TPSA) is 80.9 Å². The summed E-state index contributed by atoms with van der Waals surface area (Å²) >= 11 is 0. The van der Waals surface area contributed by atoms with Crippen LogP contribution in [0.2, 0.25) is 0 Å². The van der Waals surface area contributed by atoms with Crippen molar-refractivity contribution in [2.75, 3.05) is 0 Å². The Morgan fingerprint density at radius 3 is 0.556 bits per heavy atom. The van der Waals surface area contributed by atoms with Crippen molar-refractivity contribution in [3.05, 3.63) is 0 Å². The van der Waals surface area contributed by atoms with Gasteiger partial charge >= 0.3 is 92.2 Å². The van der Waals surface area contributed by atoms with Gasteiger partial charge in [0, 0.05) is 21.7 Å². The molecule has 48 valence electrons. The Morgan fingerprint density at radius 2 is 0.556 bits per heavy atom. The zero-order valence-corrected chi connectivity index (χ0v) is 12.3. The molecule has 0 unspecified atom stereocenters. The molecule has 0 aromatic carbocycles. The fourth-order valence-electron chi connectivity index (χ4n) is 0. The molecule has 0 aliphatic carbocycles. The fourth-order valence-corrected chi connectivity index (χ4v) is 0. The van der Waals surface area contributed by atoms with Crippen LogP contribution >= 0.6 is 0 Å². The summed E-state index contributed by atoms with van der Waals surface area (Å²) in [5.74, 6) is 0. The zero-order valence-electron chi connectivity index (χ0n) is 13.1. The maximum atomic E-state index is 6.00. The molecule has 0 spiro atoms. The Bertz CT molecular complexity index is 29.5. The van der Waals surface area contributed by atoms with E-state index in [1.54, 1.807) is 0 Å². The van der Waals surface area contributed by atoms with Gasteiger partial charge in [0.1, 0.15) is 0 Å². The molecule has 0 fully saturated rings. The summed E-state index contributed by atoms with van der Waals surface area (Å²) in [6.07, 6.45) is 0. The van der Waals surface area contributed by atoms with Gasteiger partial charge in [0.15, 0.2) is 0 Å². The van der Waals surface area contributed by atoms with Gasteiger partial charge in [-0.15, -0.1) is 0 Å². The molecule has 0 heterocycles. The van der Waals surface area contributed by atoms with Gasteiger partial charge in [-0.1, -0.05) is 0 Å². The molecule has 0 aromatic rings. The van der Waals surface area contributed by atoms with Crippen LogP contribution in [0.25, 0.3) is 0 Å². The number of rotatable bonds is 0. The molecule has 0 bridgehead atoms. The first kappa shape index (κ1) is 54.0. The van der Waals surface area contributed by atoms with Crippen molar-refractivity contribution in [3.63, 3.8) is 0 Å². The Morgan fingerprint density at radius 1 is 0.556 bits per heavy atom. The second-order valence-corrected chi connectivity index (χ2v) is 0. The monoisotopic (exact) mass is 220 g/mol. The third kappa shape index (κ3) is 82.1. The predicted molar refractivity (Wildman–Crippen MR) is 42.4 cm³/mol. The van der Waals surface area contributed by atoms with E-state index in [1.165, 1.54) is 0 Å². The van der Waals surface area contributed by atoms with E-state index in [2.05, 4.69) is 0 Å². The van der Waals surface area contributed by atoms with E-state index in [9.17, 15) is 0 Å². The maximum absolute atomic E-state index is 6.00. The number of hydrogen-bond donors (Lipinski definition) is 4. The van der Waals surface area contributed by atoms with E-state index in [0.29, 0.717) is 0 Å². The van der Waals surface area contributed by atoms with Crippen molar-refractivity contribution in [2.24, 2.45) is 0 Å². The second kappa shape index (κ2) is 100. The summed E-state index contributed by atoms with van der Waals surface area (Å²) < 4.78 is 0. The molecule has 9 heteroatoms. The van der Waals surface area contributed by atoms with Crippen LogP contribution in [0.3, 0.4) is 0 Å². The van der Waals surface area contributed by atoms with Gasteiger partial charge in [-0.3, -0.25) is 21.0 Å². The van der Waals surface area contributed by atoms with Crippen molar-refractivity contribution in [1.82, 2.24) is 0 Å². The molecule has 9 heavy (non-hydrogen) atoms. The quantitative estimate of drug-likeness (QED) is 0.250. The largest absolute Gasteiger partial charge is 2.00 e. The van der Waals surface area contributed by atoms with Crippen molar-refractivity contribution in [2.45, 2.75) is 0 Å². The van der Waals surface area contributed by atoms with Gasteiger partial charge in [-0.25, -0.2) is 0 Å². The smallest absolute Gasteiger partial charge is 1.00 e. The summed E-state index contributed by atoms with van der Waals surface area (Å²) in [6.45, 7) is 0. The molecule has 0 amide bonds. The molecule has 0 aliphatic rings. The SMILES string of the molecule is OO.OO.[H-].[H-].[H-].[H-].[H-].[H-].[H-].[H-].[Mg+2].[Mg+2].[Mg+2].[Mg+2].[Ti]. The minimum absolute atomic E-state index is 0. The van der Waals surface area contributed by atoms with Crippen molar-refractivity contribution >= 4 is 92.2 Å². The summed E-state index contributed by atoms with van der Waals surface area (Å²) in [6, 6.07) is 0. The van der Waals surface area contributed by atoms with E-state index in [0.717, 1.165) is 0 Å². The molecule has 0 saturated heterocycles. The third-order valence-corrected chi connectivity index (χ3v) is 0. The van der Waals surface area contributed by atoms with Crippen LogP contribution in [-0.2, 0) is 21.7 Å². The van der Waals surface area contributed by atoms with Crippen LogP contribution in [-0.4, -0.2) is 113 Å². The van der Waals surface area contributed by atoms with E-state index in [-0.39, 0.29) is 125 Å². The second-order valence-electron chi connectivity index (χ2n) is 0. The van der Waals surface area contributed by atoms with Crippen molar-refractivity contribution < 1.29 is 54.2 Å². The Hall–Kier alpha value is 3.62. The van der Waals surface area contributed by atoms with E-state index < -0.39 is 0 Å². The van der Waals surface area contributed by atoms with Crippen LogP contribution in [0.1, 0.15) is 11.4 Å². The van der Waals surface area contributed by atoms with Gasteiger partial charge in [0.25, 0.3) is 0 Å². The Balaban J connectivity index is -0.000000000205. The number of hydrogen-bond acceptors (Lipinski definition) is 4. The minimum Gasteiger partial charge on any atom is -1.00 e. The molecule has 0 saturated carbocycles. The van der Waals surface area contributed by atoms with Crippen LogP contribution in [0, 0.1) is 0 Å². The van der Waals surface area contributed by atoms with Crippen LogP contribution in [0.5, 0.6) is 0 Å². The fraction of sp³-hybridized carbons (Fsp3) is 0. The molecule has 0 aromatic heterocycles. The summed E-state index contributed by atoms with van der Waals surface area (Å²) in [7, 11) is 0. The predicted octanol–water partition coefficient (Wildman–Crippen LogP) is -0.591. The molecular formula is H12Mg4O4Ti. The first-order chi connectivity index (χ1) is 2.00. The van der Waals surface area contributed by atoms with Crippen LogP contribution < -0.4 is 0 Å². The summed E-state index contributed by atoms with van der Waals surface area (Å²) in [5, 5.41) is 24.0. The van der Waals surface area contributed by atoms with E-state index in [1.807, 2.05) is 0 Å². The molecule has 0 rings (SSSR count). The van der Waals surface area contributed by atoms with Crippen molar-refractivity contribution in [3.8, 4) is 0 Å². The summed E-state index contributed by atoms with van der Waals surface area (Å²) in [5.41, 5.74) is 0. The molecular weight excluding hydrogens is 209 g/mol. The van der Waals surface area contributed by atoms with Crippen LogP contribution in [0.15, 0.2) is 0 Å². The molecule has 0 radical (unpaired) electrons. The average molecular weight is 221 g/mol. The van der Waals surface area contributed by atoms with Crippen LogP contribution in [0.4, 0.5) is 0 Å². The first-order valence-corrected chi connectivity index (χ1v) is 0.400. The molecule has 0 aliphatic heterocycles. The van der Waals surface area contributed by atoms with Crippen molar-refractivity contribution in [1.29, 1.82) is 0 Å². The first-order valence-electron chi connectivity index (χ1n) is 0.400. The molecule has 4 N–H and O–H groups in total. The molecule has 0 atom stereocenters. The van der Waals surface area contributed by atoms with Gasteiger partial charge in [0.2, 0.25) is 0 Å². The Kier molecular flexibility index (Phi) is 600. The van der Waals surface area contributed by atoms with E-state index >= 15 is 0 Å². The maximum Gasteiger partial charge on any atom is 2.00 e. The average Bonchev–Trinajstić information content (AvgIpc) is 1.50. The molecule has 4 nitrogen and oxygen atoms in total. The third-order valence-electron chi connectivity index (χ3n) is 0. The normalized spacial score (nSPS) is 1.33. The van der Waals surface area contributed by atoms with Gasteiger partial charge in [-0.2, -0.15) is 0 Å². The summed E-state index contributed by atoms with van der Waals surface area (Å²) in [4.78, 5) is 0. The van der Waals surface area contributed by atoms with Gasteiger partial charge in [0.05, 0.1) is 0 Å². The zero-order chi connectivity index (χ0) is 4.00. The van der Waals surface area contributed by atoms with E-state index in [4.69, 9.17) is 21.0 Å². The standard InChI is InChI=1S/4Mg.2H2O2.Ti.8H/c;;;;2*1-2;;;;;;;;;/h;;;;2*1-2H;;;;;;;;;/q4*+2;;;;8*-1. The minimum atomic E-state index is 0. The van der Waals surface area contributed by atoms with Gasteiger partial charge < -0.3 is 11.4 Å². The van der Waals surface area contributed by atoms with Gasteiger partial charge in [-0.05, 0) is 0 Å². The Labute approximate surface area is 144 Å².